The van der Waals surface area contributed by atoms with Crippen LogP contribution in [-0.4, -0.2) is 46.2 Å². The molecule has 2 aliphatic rings. The average Bonchev–Trinajstić information content (AvgIpc) is 3.32. The summed E-state index contributed by atoms with van der Waals surface area (Å²) in [5, 5.41) is 17.2. The number of carbonyl (C=O) groups excluding carboxylic acids is 1. The maximum Gasteiger partial charge on any atom is 0.260 e. The van der Waals surface area contributed by atoms with Crippen molar-refractivity contribution in [3.63, 3.8) is 0 Å². The van der Waals surface area contributed by atoms with Crippen molar-refractivity contribution in [3.05, 3.63) is 70.0 Å². The van der Waals surface area contributed by atoms with Crippen LogP contribution in [0.5, 0.6) is 0 Å². The van der Waals surface area contributed by atoms with Crippen molar-refractivity contribution in [2.24, 2.45) is 21.2 Å². The lowest BCUT2D eigenvalue weighted by Gasteiger charge is -2.26. The Kier molecular flexibility index (Phi) is 8.77. The topological polar surface area (TPSA) is 104 Å². The number of carbonyl (C=O) groups is 1. The van der Waals surface area contributed by atoms with E-state index in [0.717, 1.165) is 49.0 Å². The fourth-order valence-corrected chi connectivity index (χ4v) is 4.94. The summed E-state index contributed by atoms with van der Waals surface area (Å²) in [6, 6.07) is 10.1. The minimum atomic E-state index is -0.269. The fourth-order valence-electron chi connectivity index (χ4n) is 4.94. The molecule has 1 N–H and O–H groups in total. The summed E-state index contributed by atoms with van der Waals surface area (Å²) in [5.74, 6) is 1.21. The van der Waals surface area contributed by atoms with Crippen molar-refractivity contribution in [2.75, 3.05) is 18.4 Å². The quantitative estimate of drug-likeness (QED) is 0.350. The highest BCUT2D eigenvalue weighted by Crippen LogP contribution is 2.37. The molecule has 1 amide bonds. The molecule has 0 bridgehead atoms. The minimum Gasteiger partial charge on any atom is -0.306 e. The molecule has 1 aromatic heterocycles. The molecule has 9 heteroatoms. The number of allylic oxidation sites excluding steroid dienone is 1. The number of nitrogens with one attached hydrogen (secondary N) is 1. The Bertz CT molecular complexity index is 1220. The number of anilines is 1. The van der Waals surface area contributed by atoms with Crippen LogP contribution in [-0.2, 0) is 4.79 Å². The largest absolute Gasteiger partial charge is 0.306 e. The highest BCUT2D eigenvalue weighted by atomic mass is 16.3. The normalized spacial score (nSPS) is 20.2. The summed E-state index contributed by atoms with van der Waals surface area (Å²) in [6.45, 7) is 6.60. The zero-order valence-corrected chi connectivity index (χ0v) is 21.8. The number of aromatic nitrogens is 2. The van der Waals surface area contributed by atoms with Crippen LogP contribution in [0.1, 0.15) is 63.1 Å². The molecule has 194 valence electrons. The Hall–Kier alpha value is -3.88. The number of hydrogen-bond donors (Lipinski definition) is 1. The molecular weight excluding hydrogens is 466 g/mol. The molecular formula is C28H35N7O2. The van der Waals surface area contributed by atoms with Gasteiger partial charge in [-0.05, 0) is 70.9 Å². The van der Waals surface area contributed by atoms with Gasteiger partial charge in [0.2, 0.25) is 0 Å². The minimum absolute atomic E-state index is 0.269. The van der Waals surface area contributed by atoms with Crippen LogP contribution in [0.15, 0.2) is 69.1 Å². The number of aliphatic imine (C=N–C) groups is 1. The van der Waals surface area contributed by atoms with E-state index in [0.29, 0.717) is 42.0 Å². The number of rotatable bonds is 9. The van der Waals surface area contributed by atoms with Crippen LogP contribution in [0.2, 0.25) is 0 Å². The number of hydrazone groups is 1. The molecule has 2 aromatic rings. The molecule has 1 fully saturated rings. The van der Waals surface area contributed by atoms with Crippen molar-refractivity contribution in [2.45, 2.75) is 58.8 Å². The Morgan fingerprint density at radius 3 is 2.59 bits per heavy atom. The van der Waals surface area contributed by atoms with Crippen LogP contribution >= 0.6 is 0 Å². The highest BCUT2D eigenvalue weighted by Gasteiger charge is 2.27. The van der Waals surface area contributed by atoms with Crippen molar-refractivity contribution in [3.8, 4) is 5.69 Å². The molecule has 0 unspecified atom stereocenters. The van der Waals surface area contributed by atoms with Gasteiger partial charge in [-0.25, -0.2) is 4.68 Å². The summed E-state index contributed by atoms with van der Waals surface area (Å²) in [4.78, 5) is 28.4. The van der Waals surface area contributed by atoms with Gasteiger partial charge in [-0.2, -0.15) is 15.1 Å². The molecule has 1 aliphatic carbocycles. The van der Waals surface area contributed by atoms with E-state index in [-0.39, 0.29) is 5.91 Å². The van der Waals surface area contributed by atoms with Gasteiger partial charge in [0.25, 0.3) is 5.91 Å². The molecule has 1 aliphatic heterocycles. The summed E-state index contributed by atoms with van der Waals surface area (Å²) >= 11 is 0. The fraction of sp³-hybridized carbons (Fsp3) is 0.429. The molecule has 0 atom stereocenters. The van der Waals surface area contributed by atoms with Crippen molar-refractivity contribution < 1.29 is 4.79 Å². The first kappa shape index (κ1) is 26.2. The second-order valence-corrected chi connectivity index (χ2v) is 9.59. The Morgan fingerprint density at radius 2 is 1.92 bits per heavy atom. The predicted molar refractivity (Wildman–Crippen MR) is 148 cm³/mol. The lowest BCUT2D eigenvalue weighted by atomic mass is 9.79. The van der Waals surface area contributed by atoms with Crippen molar-refractivity contribution >= 4 is 24.2 Å². The molecule has 2 heterocycles. The number of benzene rings is 1. The third-order valence-electron chi connectivity index (χ3n) is 6.95. The summed E-state index contributed by atoms with van der Waals surface area (Å²) in [6.07, 6.45) is 12.0. The third-order valence-corrected chi connectivity index (χ3v) is 6.95. The lowest BCUT2D eigenvalue weighted by Crippen LogP contribution is -2.26. The Balaban J connectivity index is 1.60. The van der Waals surface area contributed by atoms with E-state index in [9.17, 15) is 9.70 Å². The number of aryl methyl sites for hydroxylation is 1. The van der Waals surface area contributed by atoms with Crippen LogP contribution in [0.4, 0.5) is 5.82 Å². The maximum absolute atomic E-state index is 13.4. The summed E-state index contributed by atoms with van der Waals surface area (Å²) < 4.78 is 1.81. The first-order valence-electron chi connectivity index (χ1n) is 12.9. The van der Waals surface area contributed by atoms with Gasteiger partial charge in [0.15, 0.2) is 0 Å². The Morgan fingerprint density at radius 1 is 1.16 bits per heavy atom. The van der Waals surface area contributed by atoms with E-state index >= 15 is 0 Å². The van der Waals surface area contributed by atoms with Crippen molar-refractivity contribution in [1.29, 1.82) is 0 Å². The Labute approximate surface area is 218 Å². The molecule has 0 spiro atoms. The van der Waals surface area contributed by atoms with E-state index in [4.69, 9.17) is 5.10 Å². The molecule has 1 aromatic carbocycles. The van der Waals surface area contributed by atoms with Gasteiger partial charge in [0, 0.05) is 24.4 Å². The van der Waals surface area contributed by atoms with Gasteiger partial charge < -0.3 is 5.32 Å². The summed E-state index contributed by atoms with van der Waals surface area (Å²) in [7, 11) is 0. The molecule has 0 radical (unpaired) electrons. The summed E-state index contributed by atoms with van der Waals surface area (Å²) in [5.41, 5.74) is 4.09. The van der Waals surface area contributed by atoms with Gasteiger partial charge in [0.05, 0.1) is 42.0 Å². The van der Waals surface area contributed by atoms with Crippen LogP contribution < -0.4 is 5.32 Å². The molecule has 9 nitrogen and oxygen atoms in total. The monoisotopic (exact) mass is 501 g/mol. The average molecular weight is 502 g/mol. The zero-order valence-electron chi connectivity index (χ0n) is 21.8. The second kappa shape index (κ2) is 12.4. The van der Waals surface area contributed by atoms with Crippen LogP contribution in [0, 0.1) is 17.7 Å². The first-order chi connectivity index (χ1) is 18.0. The number of hydrogen-bond acceptors (Lipinski definition) is 7. The number of nitrogens with zero attached hydrogens (tertiary/aromatic N) is 6. The number of amides is 1. The SMILES string of the molecule is CC=NC1=C(C(=O)Nc2cc(C3CCC(CCN=O)CC3)nn2-c2ccc(C)cc2)C=NN(/C=C\C)C1. The van der Waals surface area contributed by atoms with Gasteiger partial charge >= 0.3 is 0 Å². The van der Waals surface area contributed by atoms with Crippen LogP contribution in [0.25, 0.3) is 5.69 Å². The highest BCUT2D eigenvalue weighted by molar-refractivity contribution is 6.18. The molecule has 0 saturated heterocycles. The van der Waals surface area contributed by atoms with Gasteiger partial charge in [-0.15, -0.1) is 0 Å². The molecule has 37 heavy (non-hydrogen) atoms. The number of nitroso groups, excluding NO2 is 1. The van der Waals surface area contributed by atoms with Gasteiger partial charge in [-0.3, -0.25) is 14.8 Å². The maximum atomic E-state index is 13.4. The van der Waals surface area contributed by atoms with E-state index in [2.05, 4.69) is 20.6 Å². The van der Waals surface area contributed by atoms with Crippen LogP contribution in [0.3, 0.4) is 0 Å². The lowest BCUT2D eigenvalue weighted by molar-refractivity contribution is -0.112. The van der Waals surface area contributed by atoms with E-state index in [1.807, 2.05) is 68.1 Å². The second-order valence-electron chi connectivity index (χ2n) is 9.59. The third kappa shape index (κ3) is 6.47. The van der Waals surface area contributed by atoms with Crippen molar-refractivity contribution in [1.82, 2.24) is 14.8 Å². The zero-order chi connectivity index (χ0) is 26.2. The molecule has 1 saturated carbocycles. The first-order valence-corrected chi connectivity index (χ1v) is 12.9. The van der Waals surface area contributed by atoms with Gasteiger partial charge in [0.1, 0.15) is 5.82 Å². The van der Waals surface area contributed by atoms with E-state index in [1.54, 1.807) is 17.4 Å². The predicted octanol–water partition coefficient (Wildman–Crippen LogP) is 5.73. The standard InChI is InChI=1S/C28H35N7O2/c1-4-16-34-19-26(29-5-2)24(18-30-34)28(36)32-27-17-25(22-10-8-21(9-11-22)14-15-31-37)33-35(27)23-12-6-20(3)7-13-23/h4-7,12-13,16-18,21-22H,8-11,14-15,19H2,1-3H3,(H,32,36)/b16-4-,29-5?. The van der Waals surface area contributed by atoms with E-state index in [1.165, 1.54) is 0 Å². The smallest absolute Gasteiger partial charge is 0.260 e. The van der Waals surface area contributed by atoms with E-state index < -0.39 is 0 Å². The van der Waals surface area contributed by atoms with Gasteiger partial charge in [-0.1, -0.05) is 28.9 Å². The molecule has 4 rings (SSSR count).